The summed E-state index contributed by atoms with van der Waals surface area (Å²) < 4.78 is 0. The Morgan fingerprint density at radius 2 is 2.33 bits per heavy atom. The number of anilines is 1. The van der Waals surface area contributed by atoms with Crippen LogP contribution in [0.25, 0.3) is 0 Å². The first-order valence-electron chi connectivity index (χ1n) is 6.61. The van der Waals surface area contributed by atoms with Crippen molar-refractivity contribution in [1.29, 1.82) is 0 Å². The molecule has 1 fully saturated rings. The number of nitrogens with zero attached hydrogens (tertiary/aromatic N) is 3. The highest BCUT2D eigenvalue weighted by molar-refractivity contribution is 5.41. The van der Waals surface area contributed by atoms with Crippen LogP contribution in [0.15, 0.2) is 18.3 Å². The first kappa shape index (κ1) is 13.3. The van der Waals surface area contributed by atoms with E-state index in [1.54, 1.807) is 6.20 Å². The Balaban J connectivity index is 1.93. The van der Waals surface area contributed by atoms with Gasteiger partial charge in [0.2, 0.25) is 0 Å². The topological polar surface area (TPSA) is 57.4 Å². The third-order valence-corrected chi connectivity index (χ3v) is 3.62. The number of nitrogens with two attached hydrogens (primary N) is 1. The van der Waals surface area contributed by atoms with Gasteiger partial charge in [0.1, 0.15) is 0 Å². The molecule has 100 valence electrons. The number of piperazine rings is 1. The Labute approximate surface area is 109 Å². The molecule has 1 atom stereocenters. The van der Waals surface area contributed by atoms with Crippen molar-refractivity contribution in [3.8, 4) is 0 Å². The Bertz CT molecular complexity index is 381. The lowest BCUT2D eigenvalue weighted by Gasteiger charge is -2.39. The van der Waals surface area contributed by atoms with Gasteiger partial charge >= 0.3 is 0 Å². The number of hydrazine groups is 1. The molecular weight excluding hydrogens is 226 g/mol. The number of hydrogen-bond acceptors (Lipinski definition) is 5. The normalized spacial score (nSPS) is 22.1. The van der Waals surface area contributed by atoms with Crippen LogP contribution in [0.1, 0.15) is 19.5 Å². The maximum Gasteiger partial charge on any atom is 0.0564 e. The van der Waals surface area contributed by atoms with Gasteiger partial charge in [0.25, 0.3) is 0 Å². The Morgan fingerprint density at radius 3 is 3.00 bits per heavy atom. The van der Waals surface area contributed by atoms with E-state index in [4.69, 9.17) is 5.84 Å². The number of nitrogen functional groups attached to an aromatic ring is 1. The molecule has 1 aliphatic heterocycles. The second kappa shape index (κ2) is 6.13. The maximum atomic E-state index is 5.41. The fourth-order valence-electron chi connectivity index (χ4n) is 2.57. The Morgan fingerprint density at radius 1 is 1.50 bits per heavy atom. The van der Waals surface area contributed by atoms with E-state index < -0.39 is 0 Å². The van der Waals surface area contributed by atoms with E-state index in [1.807, 2.05) is 12.1 Å². The summed E-state index contributed by atoms with van der Waals surface area (Å²) in [5.74, 6) is 5.41. The van der Waals surface area contributed by atoms with E-state index in [2.05, 4.69) is 34.1 Å². The highest BCUT2D eigenvalue weighted by Gasteiger charge is 2.22. The van der Waals surface area contributed by atoms with Gasteiger partial charge in [0.05, 0.1) is 11.4 Å². The molecule has 1 aliphatic rings. The molecule has 0 aromatic carbocycles. The first-order valence-corrected chi connectivity index (χ1v) is 6.61. The molecule has 0 spiro atoms. The lowest BCUT2D eigenvalue weighted by molar-refractivity contribution is 0.0827. The minimum atomic E-state index is 0.625. The minimum Gasteiger partial charge on any atom is -0.324 e. The van der Waals surface area contributed by atoms with E-state index in [1.165, 1.54) is 0 Å². The van der Waals surface area contributed by atoms with Crippen LogP contribution in [0.4, 0.5) is 5.69 Å². The second-order valence-corrected chi connectivity index (χ2v) is 4.89. The lowest BCUT2D eigenvalue weighted by atomic mass is 10.2. The van der Waals surface area contributed by atoms with Gasteiger partial charge in [-0.1, -0.05) is 6.92 Å². The van der Waals surface area contributed by atoms with Gasteiger partial charge in [-0.05, 0) is 25.6 Å². The van der Waals surface area contributed by atoms with Crippen molar-refractivity contribution in [3.05, 3.63) is 24.0 Å². The van der Waals surface area contributed by atoms with Crippen LogP contribution in [0.2, 0.25) is 0 Å². The van der Waals surface area contributed by atoms with Gasteiger partial charge in [0, 0.05) is 38.4 Å². The van der Waals surface area contributed by atoms with Crippen molar-refractivity contribution in [3.63, 3.8) is 0 Å². The third kappa shape index (κ3) is 3.19. The van der Waals surface area contributed by atoms with Crippen molar-refractivity contribution in [2.75, 3.05) is 31.6 Å². The minimum absolute atomic E-state index is 0.625. The molecule has 1 unspecified atom stereocenters. The molecule has 1 aromatic heterocycles. The average Bonchev–Trinajstić information content (AvgIpc) is 2.39. The van der Waals surface area contributed by atoms with Crippen LogP contribution in [0.5, 0.6) is 0 Å². The highest BCUT2D eigenvalue weighted by Crippen LogP contribution is 2.13. The summed E-state index contributed by atoms with van der Waals surface area (Å²) in [5.41, 5.74) is 4.65. The zero-order valence-electron chi connectivity index (χ0n) is 11.3. The molecule has 2 heterocycles. The molecule has 0 aliphatic carbocycles. The van der Waals surface area contributed by atoms with Gasteiger partial charge in [-0.2, -0.15) is 0 Å². The fourth-order valence-corrected chi connectivity index (χ4v) is 2.57. The molecule has 0 bridgehead atoms. The molecule has 5 heteroatoms. The van der Waals surface area contributed by atoms with Crippen molar-refractivity contribution >= 4 is 5.69 Å². The molecule has 1 aromatic rings. The molecule has 18 heavy (non-hydrogen) atoms. The first-order chi connectivity index (χ1) is 8.72. The molecule has 0 saturated carbocycles. The number of nitrogens with one attached hydrogen (secondary N) is 1. The summed E-state index contributed by atoms with van der Waals surface area (Å²) in [6, 6.07) is 4.51. The average molecular weight is 249 g/mol. The molecule has 5 nitrogen and oxygen atoms in total. The zero-order chi connectivity index (χ0) is 13.0. The quantitative estimate of drug-likeness (QED) is 0.613. The summed E-state index contributed by atoms with van der Waals surface area (Å²) >= 11 is 0. The number of hydrogen-bond donors (Lipinski definition) is 2. The van der Waals surface area contributed by atoms with E-state index in [9.17, 15) is 0 Å². The third-order valence-electron chi connectivity index (χ3n) is 3.62. The number of aromatic nitrogens is 1. The van der Waals surface area contributed by atoms with Crippen LogP contribution in [-0.2, 0) is 6.54 Å². The standard InChI is InChI=1S/C13H23N5/c1-3-18-7-6-17(9-11(18)2)10-13-8-12(16-14)4-5-15-13/h4-5,8,11H,3,6-7,9-10,14H2,1-2H3,(H,15,16). The monoisotopic (exact) mass is 249 g/mol. The molecule has 0 amide bonds. The second-order valence-electron chi connectivity index (χ2n) is 4.89. The van der Waals surface area contributed by atoms with Crippen LogP contribution in [0.3, 0.4) is 0 Å². The van der Waals surface area contributed by atoms with E-state index in [0.29, 0.717) is 6.04 Å². The van der Waals surface area contributed by atoms with Gasteiger partial charge < -0.3 is 5.43 Å². The predicted molar refractivity (Wildman–Crippen MR) is 74.0 cm³/mol. The van der Waals surface area contributed by atoms with Crippen LogP contribution in [-0.4, -0.2) is 47.0 Å². The summed E-state index contributed by atoms with van der Waals surface area (Å²) in [5, 5.41) is 0. The summed E-state index contributed by atoms with van der Waals surface area (Å²) in [6.45, 7) is 9.92. The van der Waals surface area contributed by atoms with Gasteiger partial charge in [-0.25, -0.2) is 0 Å². The summed E-state index contributed by atoms with van der Waals surface area (Å²) in [4.78, 5) is 9.37. The van der Waals surface area contributed by atoms with Gasteiger partial charge in [-0.15, -0.1) is 0 Å². The van der Waals surface area contributed by atoms with Crippen molar-refractivity contribution in [2.45, 2.75) is 26.4 Å². The predicted octanol–water partition coefficient (Wildman–Crippen LogP) is 0.893. The number of likely N-dealkylation sites (N-methyl/N-ethyl adjacent to an activating group) is 1. The summed E-state index contributed by atoms with van der Waals surface area (Å²) in [7, 11) is 0. The van der Waals surface area contributed by atoms with E-state index >= 15 is 0 Å². The Kier molecular flexibility index (Phi) is 4.52. The van der Waals surface area contributed by atoms with Crippen molar-refractivity contribution in [1.82, 2.24) is 14.8 Å². The molecular formula is C13H23N5. The van der Waals surface area contributed by atoms with E-state index in [-0.39, 0.29) is 0 Å². The maximum absolute atomic E-state index is 5.41. The van der Waals surface area contributed by atoms with Crippen LogP contribution >= 0.6 is 0 Å². The van der Waals surface area contributed by atoms with Gasteiger partial charge in [0.15, 0.2) is 0 Å². The van der Waals surface area contributed by atoms with Gasteiger partial charge in [-0.3, -0.25) is 20.6 Å². The van der Waals surface area contributed by atoms with E-state index in [0.717, 1.165) is 44.1 Å². The number of rotatable bonds is 4. The highest BCUT2D eigenvalue weighted by atomic mass is 15.3. The Hall–Kier alpha value is -1.17. The van der Waals surface area contributed by atoms with Crippen molar-refractivity contribution in [2.24, 2.45) is 5.84 Å². The van der Waals surface area contributed by atoms with Crippen LogP contribution < -0.4 is 11.3 Å². The molecule has 3 N–H and O–H groups in total. The fraction of sp³-hybridized carbons (Fsp3) is 0.615. The molecule has 2 rings (SSSR count). The van der Waals surface area contributed by atoms with Crippen LogP contribution in [0, 0.1) is 0 Å². The molecule has 0 radical (unpaired) electrons. The van der Waals surface area contributed by atoms with Crippen molar-refractivity contribution < 1.29 is 0 Å². The number of pyridine rings is 1. The zero-order valence-corrected chi connectivity index (χ0v) is 11.3. The smallest absolute Gasteiger partial charge is 0.0564 e. The largest absolute Gasteiger partial charge is 0.324 e. The SMILES string of the molecule is CCN1CCN(Cc2cc(NN)ccn2)CC1C. The lowest BCUT2D eigenvalue weighted by Crippen LogP contribution is -2.51. The summed E-state index contributed by atoms with van der Waals surface area (Å²) in [6.07, 6.45) is 1.80. The molecule has 1 saturated heterocycles.